The van der Waals surface area contributed by atoms with E-state index in [1.807, 2.05) is 19.9 Å². The van der Waals surface area contributed by atoms with Crippen molar-refractivity contribution in [2.75, 3.05) is 31.5 Å². The first-order chi connectivity index (χ1) is 19.3. The molecule has 2 aliphatic rings. The molecule has 210 valence electrons. The zero-order valence-corrected chi connectivity index (χ0v) is 23.7. The van der Waals surface area contributed by atoms with E-state index in [2.05, 4.69) is 30.4 Å². The number of benzene rings is 2. The lowest BCUT2D eigenvalue weighted by molar-refractivity contribution is 0.150. The summed E-state index contributed by atoms with van der Waals surface area (Å²) in [4.78, 5) is 18.4. The zero-order valence-electron chi connectivity index (χ0n) is 22.9. The molecule has 2 N–H and O–H groups in total. The van der Waals surface area contributed by atoms with Gasteiger partial charge < -0.3 is 10.2 Å². The van der Waals surface area contributed by atoms with E-state index >= 15 is 0 Å². The fourth-order valence-corrected chi connectivity index (χ4v) is 5.78. The molecule has 0 unspecified atom stereocenters. The standard InChI is InChI=1S/C30H35F2N7S/c1-20-19-21(2)34-28(33-20)36-29(37-30(40)35-26-5-3-4-6-26)39-17-15-38(16-18-39)27(22-7-11-24(31)12-8-22)23-9-13-25(32)14-10-23/h7-14,19,26-27H,3-6,15-18H2,1-2H3,(H2,33,34,35,36,37,40). The summed E-state index contributed by atoms with van der Waals surface area (Å²) in [6, 6.07) is 15.2. The molecule has 1 aliphatic heterocycles. The van der Waals surface area contributed by atoms with Crippen molar-refractivity contribution in [2.45, 2.75) is 51.6 Å². The molecule has 2 fully saturated rings. The molecule has 5 rings (SSSR count). The van der Waals surface area contributed by atoms with Gasteiger partial charge in [0.1, 0.15) is 11.6 Å². The molecule has 1 saturated heterocycles. The van der Waals surface area contributed by atoms with E-state index in [0.717, 1.165) is 35.4 Å². The van der Waals surface area contributed by atoms with Crippen LogP contribution in [0.1, 0.15) is 54.2 Å². The molecule has 2 heterocycles. The number of aryl methyl sites for hydroxylation is 2. The molecular weight excluding hydrogens is 528 g/mol. The molecule has 2 aromatic carbocycles. The Kier molecular flexibility index (Phi) is 8.96. The van der Waals surface area contributed by atoms with E-state index in [9.17, 15) is 8.78 Å². The third kappa shape index (κ3) is 7.17. The Morgan fingerprint density at radius 2 is 1.40 bits per heavy atom. The minimum atomic E-state index is -0.283. The van der Waals surface area contributed by atoms with E-state index in [1.165, 1.54) is 37.1 Å². The maximum absolute atomic E-state index is 13.7. The van der Waals surface area contributed by atoms with Crippen LogP contribution in [0.15, 0.2) is 59.6 Å². The highest BCUT2D eigenvalue weighted by Gasteiger charge is 2.28. The number of halogens is 2. The lowest BCUT2D eigenvalue weighted by atomic mass is 9.96. The minimum absolute atomic E-state index is 0.135. The lowest BCUT2D eigenvalue weighted by Gasteiger charge is -2.40. The molecule has 0 spiro atoms. The number of guanidine groups is 1. The number of nitrogens with zero attached hydrogens (tertiary/aromatic N) is 5. The number of aliphatic imine (C=N–C) groups is 1. The van der Waals surface area contributed by atoms with Gasteiger partial charge in [0.2, 0.25) is 11.9 Å². The Hall–Kier alpha value is -3.50. The van der Waals surface area contributed by atoms with Crippen molar-refractivity contribution >= 4 is 29.2 Å². The summed E-state index contributed by atoms with van der Waals surface area (Å²) in [5.41, 5.74) is 3.65. The number of rotatable bonds is 5. The van der Waals surface area contributed by atoms with Crippen molar-refractivity contribution in [1.29, 1.82) is 0 Å². The highest BCUT2D eigenvalue weighted by molar-refractivity contribution is 7.80. The molecule has 0 radical (unpaired) electrons. The fraction of sp³-hybridized carbons (Fsp3) is 0.400. The van der Waals surface area contributed by atoms with Crippen LogP contribution >= 0.6 is 12.2 Å². The largest absolute Gasteiger partial charge is 0.358 e. The van der Waals surface area contributed by atoms with Crippen molar-refractivity contribution in [3.05, 3.63) is 88.7 Å². The van der Waals surface area contributed by atoms with Crippen molar-refractivity contribution in [3.63, 3.8) is 0 Å². The molecule has 0 atom stereocenters. The van der Waals surface area contributed by atoms with Crippen LogP contribution in [-0.2, 0) is 0 Å². The van der Waals surface area contributed by atoms with Crippen LogP contribution in [0.4, 0.5) is 14.7 Å². The minimum Gasteiger partial charge on any atom is -0.358 e. The lowest BCUT2D eigenvalue weighted by Crippen LogP contribution is -2.52. The molecule has 0 amide bonds. The number of piperazine rings is 1. The second-order valence-electron chi connectivity index (χ2n) is 10.5. The van der Waals surface area contributed by atoms with Gasteiger partial charge in [-0.15, -0.1) is 0 Å². The van der Waals surface area contributed by atoms with Gasteiger partial charge in [0.05, 0.1) is 6.04 Å². The van der Waals surface area contributed by atoms with E-state index < -0.39 is 0 Å². The van der Waals surface area contributed by atoms with Gasteiger partial charge >= 0.3 is 0 Å². The first-order valence-electron chi connectivity index (χ1n) is 13.8. The first-order valence-corrected chi connectivity index (χ1v) is 14.2. The summed E-state index contributed by atoms with van der Waals surface area (Å²) in [5.74, 6) is 0.529. The number of hydrogen-bond acceptors (Lipinski definition) is 4. The first kappa shape index (κ1) is 28.0. The van der Waals surface area contributed by atoms with Crippen LogP contribution in [0.5, 0.6) is 0 Å². The molecule has 0 bridgehead atoms. The molecule has 40 heavy (non-hydrogen) atoms. The average Bonchev–Trinajstić information content (AvgIpc) is 3.43. The third-order valence-corrected chi connectivity index (χ3v) is 7.66. The van der Waals surface area contributed by atoms with Crippen LogP contribution in [0.25, 0.3) is 0 Å². The second kappa shape index (κ2) is 12.8. The zero-order chi connectivity index (χ0) is 28.1. The quantitative estimate of drug-likeness (QED) is 0.246. The van der Waals surface area contributed by atoms with E-state index in [-0.39, 0.29) is 17.7 Å². The summed E-state index contributed by atoms with van der Waals surface area (Å²) in [6.07, 6.45) is 4.62. The number of nitrogens with one attached hydrogen (secondary N) is 2. The summed E-state index contributed by atoms with van der Waals surface area (Å²) in [7, 11) is 0. The SMILES string of the molecule is Cc1cc(C)nc(N/C(=N/C(=S)NC2CCCC2)N2CCN(C(c3ccc(F)cc3)c3ccc(F)cc3)CC2)n1. The van der Waals surface area contributed by atoms with Gasteiger partial charge in [0.15, 0.2) is 5.11 Å². The maximum Gasteiger partial charge on any atom is 0.229 e. The van der Waals surface area contributed by atoms with Crippen LogP contribution in [-0.4, -0.2) is 63.1 Å². The second-order valence-corrected chi connectivity index (χ2v) is 10.9. The number of anilines is 1. The predicted octanol–water partition coefficient (Wildman–Crippen LogP) is 5.36. The monoisotopic (exact) mass is 563 g/mol. The number of thiocarbonyl (C=S) groups is 1. The molecule has 1 aliphatic carbocycles. The normalized spacial score (nSPS) is 16.9. The Balaban J connectivity index is 1.36. The van der Waals surface area contributed by atoms with Crippen LogP contribution in [0, 0.1) is 25.5 Å². The van der Waals surface area contributed by atoms with Crippen LogP contribution in [0.2, 0.25) is 0 Å². The summed E-state index contributed by atoms with van der Waals surface area (Å²) >= 11 is 5.64. The van der Waals surface area contributed by atoms with E-state index in [0.29, 0.717) is 49.2 Å². The van der Waals surface area contributed by atoms with Crippen LogP contribution < -0.4 is 10.6 Å². The Morgan fingerprint density at radius 1 is 0.875 bits per heavy atom. The summed E-state index contributed by atoms with van der Waals surface area (Å²) < 4.78 is 27.5. The van der Waals surface area contributed by atoms with Gasteiger partial charge in [-0.2, -0.15) is 4.99 Å². The van der Waals surface area contributed by atoms with Crippen LogP contribution in [0.3, 0.4) is 0 Å². The van der Waals surface area contributed by atoms with Gasteiger partial charge in [-0.05, 0) is 80.4 Å². The number of hydrogen-bond donors (Lipinski definition) is 2. The highest BCUT2D eigenvalue weighted by atomic mass is 32.1. The highest BCUT2D eigenvalue weighted by Crippen LogP contribution is 2.30. The Bertz CT molecular complexity index is 1270. The van der Waals surface area contributed by atoms with Crippen molar-refractivity contribution in [2.24, 2.45) is 4.99 Å². The molecule has 7 nitrogen and oxygen atoms in total. The molecular formula is C30H35F2N7S. The van der Waals surface area contributed by atoms with Crippen molar-refractivity contribution < 1.29 is 8.78 Å². The van der Waals surface area contributed by atoms with Crippen molar-refractivity contribution in [1.82, 2.24) is 25.1 Å². The predicted molar refractivity (Wildman–Crippen MR) is 158 cm³/mol. The van der Waals surface area contributed by atoms with E-state index in [1.54, 1.807) is 24.3 Å². The molecule has 10 heteroatoms. The van der Waals surface area contributed by atoms with Gasteiger partial charge in [0.25, 0.3) is 0 Å². The van der Waals surface area contributed by atoms with Gasteiger partial charge in [-0.3, -0.25) is 10.2 Å². The maximum atomic E-state index is 13.7. The third-order valence-electron chi connectivity index (χ3n) is 7.45. The van der Waals surface area contributed by atoms with Gasteiger partial charge in [-0.1, -0.05) is 37.1 Å². The van der Waals surface area contributed by atoms with Gasteiger partial charge in [0, 0.05) is 43.6 Å². The van der Waals surface area contributed by atoms with E-state index in [4.69, 9.17) is 17.2 Å². The smallest absolute Gasteiger partial charge is 0.229 e. The summed E-state index contributed by atoms with van der Waals surface area (Å²) in [5, 5.41) is 7.19. The molecule has 1 saturated carbocycles. The Labute approximate surface area is 239 Å². The average molecular weight is 564 g/mol. The van der Waals surface area contributed by atoms with Gasteiger partial charge in [-0.25, -0.2) is 18.7 Å². The molecule has 3 aromatic rings. The topological polar surface area (TPSA) is 68.7 Å². The number of aromatic nitrogens is 2. The Morgan fingerprint density at radius 3 is 1.93 bits per heavy atom. The molecule has 1 aromatic heterocycles. The summed E-state index contributed by atoms with van der Waals surface area (Å²) in [6.45, 7) is 6.62. The van der Waals surface area contributed by atoms with Crippen molar-refractivity contribution in [3.8, 4) is 0 Å². The fourth-order valence-electron chi connectivity index (χ4n) is 5.53.